The maximum atomic E-state index is 14.3. The van der Waals surface area contributed by atoms with E-state index in [4.69, 9.17) is 11.6 Å². The molecule has 1 aliphatic rings. The van der Waals surface area contributed by atoms with E-state index in [1.54, 1.807) is 23.9 Å². The summed E-state index contributed by atoms with van der Waals surface area (Å²) in [6, 6.07) is 4.29. The fourth-order valence-electron chi connectivity index (χ4n) is 2.81. The summed E-state index contributed by atoms with van der Waals surface area (Å²) in [5, 5.41) is 3.34. The average molecular weight is 354 g/mol. The molecule has 8 heteroatoms. The zero-order valence-electron chi connectivity index (χ0n) is 12.4. The van der Waals surface area contributed by atoms with Crippen LogP contribution in [0.25, 0.3) is 0 Å². The molecule has 0 radical (unpaired) electrons. The number of nitrogens with one attached hydrogen (secondary N) is 1. The number of anilines is 1. The van der Waals surface area contributed by atoms with E-state index in [2.05, 4.69) is 10.3 Å². The molecule has 1 aliphatic heterocycles. The quantitative estimate of drug-likeness (QED) is 0.666. The fraction of sp³-hybridized carbons (Fsp3) is 0.267. The molecule has 0 bridgehead atoms. The van der Waals surface area contributed by atoms with Crippen molar-refractivity contribution < 1.29 is 9.18 Å². The molecular formula is C15H13ClFN3O2S. The Morgan fingerprint density at radius 3 is 2.78 bits per heavy atom. The highest BCUT2D eigenvalue weighted by molar-refractivity contribution is 7.98. The van der Waals surface area contributed by atoms with E-state index < -0.39 is 17.3 Å². The van der Waals surface area contributed by atoms with Crippen LogP contribution in [0.15, 0.2) is 28.2 Å². The smallest absolute Gasteiger partial charge is 0.279 e. The zero-order chi connectivity index (χ0) is 16.7. The minimum Gasteiger partial charge on any atom is -0.312 e. The third-order valence-corrected chi connectivity index (χ3v) is 4.89. The first-order valence-corrected chi connectivity index (χ1v) is 8.43. The van der Waals surface area contributed by atoms with Crippen molar-refractivity contribution in [2.45, 2.75) is 17.5 Å². The predicted octanol–water partition coefficient (Wildman–Crippen LogP) is 2.77. The highest BCUT2D eigenvalue weighted by Crippen LogP contribution is 2.39. The number of halogens is 2. The van der Waals surface area contributed by atoms with Crippen molar-refractivity contribution in [2.75, 3.05) is 11.6 Å². The Hall–Kier alpha value is -1.86. The van der Waals surface area contributed by atoms with Gasteiger partial charge in [-0.2, -0.15) is 4.98 Å². The van der Waals surface area contributed by atoms with Gasteiger partial charge in [0, 0.05) is 30.0 Å². The Labute approximate surface area is 140 Å². The van der Waals surface area contributed by atoms with Gasteiger partial charge in [-0.3, -0.25) is 9.59 Å². The highest BCUT2D eigenvalue weighted by Gasteiger charge is 2.34. The number of rotatable bonds is 2. The van der Waals surface area contributed by atoms with Gasteiger partial charge in [0.2, 0.25) is 5.91 Å². The van der Waals surface area contributed by atoms with Crippen molar-refractivity contribution in [1.29, 1.82) is 0 Å². The molecule has 1 aromatic heterocycles. The molecule has 1 atom stereocenters. The van der Waals surface area contributed by atoms with Gasteiger partial charge in [-0.15, -0.1) is 0 Å². The highest BCUT2D eigenvalue weighted by atomic mass is 35.5. The molecule has 0 saturated carbocycles. The van der Waals surface area contributed by atoms with Gasteiger partial charge in [0.05, 0.1) is 5.56 Å². The molecule has 0 unspecified atom stereocenters. The minimum absolute atomic E-state index is 0.0524. The number of aromatic nitrogens is 2. The van der Waals surface area contributed by atoms with E-state index in [1.807, 2.05) is 0 Å². The van der Waals surface area contributed by atoms with Crippen LogP contribution in [0.3, 0.4) is 0 Å². The summed E-state index contributed by atoms with van der Waals surface area (Å²) in [6.45, 7) is 0. The molecule has 0 fully saturated rings. The van der Waals surface area contributed by atoms with Crippen LogP contribution in [0, 0.1) is 5.82 Å². The lowest BCUT2D eigenvalue weighted by Gasteiger charge is -2.28. The van der Waals surface area contributed by atoms with Gasteiger partial charge in [-0.05, 0) is 18.4 Å². The van der Waals surface area contributed by atoms with E-state index >= 15 is 0 Å². The van der Waals surface area contributed by atoms with Crippen molar-refractivity contribution in [1.82, 2.24) is 9.55 Å². The molecule has 0 aliphatic carbocycles. The van der Waals surface area contributed by atoms with Crippen molar-refractivity contribution >= 4 is 35.1 Å². The number of hydrogen-bond acceptors (Lipinski definition) is 4. The fourth-order valence-corrected chi connectivity index (χ4v) is 3.64. The van der Waals surface area contributed by atoms with Crippen molar-refractivity contribution in [3.8, 4) is 0 Å². The molecular weight excluding hydrogens is 341 g/mol. The van der Waals surface area contributed by atoms with E-state index in [1.165, 1.54) is 23.9 Å². The van der Waals surface area contributed by atoms with Gasteiger partial charge in [0.25, 0.3) is 5.56 Å². The van der Waals surface area contributed by atoms with Crippen molar-refractivity contribution in [3.05, 3.63) is 50.5 Å². The molecule has 3 rings (SSSR count). The molecule has 2 heterocycles. The number of carbonyl (C=O) groups is 1. The standard InChI is InChI=1S/C15H13ClFN3O2S/c1-20-13-12(14(22)19-15(20)23-2)7(6-10(21)18-13)11-8(16)4-3-5-9(11)17/h3-5,7H,6H2,1-2H3,(H,18,21)/t7-/m0/s1. The summed E-state index contributed by atoms with van der Waals surface area (Å²) >= 11 is 7.41. The van der Waals surface area contributed by atoms with Gasteiger partial charge in [-0.1, -0.05) is 29.4 Å². The predicted molar refractivity (Wildman–Crippen MR) is 87.8 cm³/mol. The minimum atomic E-state index is -0.755. The van der Waals surface area contributed by atoms with Crippen LogP contribution >= 0.6 is 23.4 Å². The summed E-state index contributed by atoms with van der Waals surface area (Å²) < 4.78 is 15.9. The van der Waals surface area contributed by atoms with Gasteiger partial charge in [0.15, 0.2) is 5.16 Å². The van der Waals surface area contributed by atoms with Crippen LogP contribution in [0.5, 0.6) is 0 Å². The maximum absolute atomic E-state index is 14.3. The van der Waals surface area contributed by atoms with Crippen LogP contribution in [-0.4, -0.2) is 21.7 Å². The Kier molecular flexibility index (Phi) is 4.16. The molecule has 0 spiro atoms. The third-order valence-electron chi connectivity index (χ3n) is 3.83. The van der Waals surface area contributed by atoms with Crippen molar-refractivity contribution in [2.24, 2.45) is 7.05 Å². The van der Waals surface area contributed by atoms with Gasteiger partial charge < -0.3 is 9.88 Å². The van der Waals surface area contributed by atoms with Crippen molar-refractivity contribution in [3.63, 3.8) is 0 Å². The lowest BCUT2D eigenvalue weighted by Crippen LogP contribution is -2.33. The first kappa shape index (κ1) is 16.0. The van der Waals surface area contributed by atoms with Crippen LogP contribution in [0.4, 0.5) is 10.2 Å². The Balaban J connectivity index is 2.30. The number of thioether (sulfide) groups is 1. The first-order valence-electron chi connectivity index (χ1n) is 6.82. The summed E-state index contributed by atoms with van der Waals surface area (Å²) in [5.41, 5.74) is -0.0651. The van der Waals surface area contributed by atoms with E-state index in [9.17, 15) is 14.0 Å². The maximum Gasteiger partial charge on any atom is 0.279 e. The molecule has 120 valence electrons. The largest absolute Gasteiger partial charge is 0.312 e. The number of hydrogen-bond donors (Lipinski definition) is 1. The monoisotopic (exact) mass is 353 g/mol. The van der Waals surface area contributed by atoms with E-state index in [0.717, 1.165) is 0 Å². The summed E-state index contributed by atoms with van der Waals surface area (Å²) in [4.78, 5) is 28.5. The summed E-state index contributed by atoms with van der Waals surface area (Å²) in [7, 11) is 1.70. The lowest BCUT2D eigenvalue weighted by molar-refractivity contribution is -0.116. The van der Waals surface area contributed by atoms with Crippen LogP contribution in [0.1, 0.15) is 23.5 Å². The molecule has 0 saturated heterocycles. The second-order valence-corrected chi connectivity index (χ2v) is 6.35. The number of carbonyl (C=O) groups excluding carboxylic acids is 1. The second-order valence-electron chi connectivity index (χ2n) is 5.17. The molecule has 2 aromatic rings. The van der Waals surface area contributed by atoms with Crippen LogP contribution < -0.4 is 10.9 Å². The van der Waals surface area contributed by atoms with E-state index in [-0.39, 0.29) is 28.5 Å². The first-order chi connectivity index (χ1) is 10.9. The van der Waals surface area contributed by atoms with E-state index in [0.29, 0.717) is 11.0 Å². The van der Waals surface area contributed by atoms with Gasteiger partial charge in [-0.25, -0.2) is 4.39 Å². The lowest BCUT2D eigenvalue weighted by atomic mass is 9.86. The average Bonchev–Trinajstić information content (AvgIpc) is 2.50. The number of fused-ring (bicyclic) bond motifs is 1. The zero-order valence-corrected chi connectivity index (χ0v) is 14.0. The molecule has 1 amide bonds. The number of nitrogens with zero attached hydrogens (tertiary/aromatic N) is 2. The SMILES string of the molecule is CSc1nc(=O)c2c(n1C)NC(=O)C[C@H]2c1c(F)cccc1Cl. The van der Waals surface area contributed by atoms with Crippen LogP contribution in [0.2, 0.25) is 5.02 Å². The van der Waals surface area contributed by atoms with Crippen LogP contribution in [-0.2, 0) is 11.8 Å². The number of benzene rings is 1. The van der Waals surface area contributed by atoms with Gasteiger partial charge in [0.1, 0.15) is 11.6 Å². The number of amides is 1. The molecule has 23 heavy (non-hydrogen) atoms. The Morgan fingerprint density at radius 2 is 2.13 bits per heavy atom. The normalized spacial score (nSPS) is 16.9. The topological polar surface area (TPSA) is 64.0 Å². The Bertz CT molecular complexity index is 848. The second kappa shape index (κ2) is 5.98. The molecule has 1 N–H and O–H groups in total. The molecule has 1 aromatic carbocycles. The van der Waals surface area contributed by atoms with Gasteiger partial charge >= 0.3 is 0 Å². The molecule has 5 nitrogen and oxygen atoms in total. The summed E-state index contributed by atoms with van der Waals surface area (Å²) in [6.07, 6.45) is 1.73. The summed E-state index contributed by atoms with van der Waals surface area (Å²) in [5.74, 6) is -1.25. The Morgan fingerprint density at radius 1 is 1.39 bits per heavy atom. The third kappa shape index (κ3) is 2.64.